The van der Waals surface area contributed by atoms with Crippen LogP contribution in [0.2, 0.25) is 0 Å². The summed E-state index contributed by atoms with van der Waals surface area (Å²) in [6, 6.07) is 20.6. The number of rotatable bonds is 9. The number of para-hydroxylation sites is 1. The van der Waals surface area contributed by atoms with Gasteiger partial charge in [-0.3, -0.25) is 4.79 Å². The number of amides is 1. The monoisotopic (exact) mass is 470 g/mol. The number of aromatic nitrogens is 1. The average Bonchev–Trinajstić information content (AvgIpc) is 3.56. The number of hydrogen-bond acceptors (Lipinski definition) is 3. The minimum atomic E-state index is 0.0870. The first-order valence-corrected chi connectivity index (χ1v) is 12.7. The third-order valence-corrected chi connectivity index (χ3v) is 7.39. The zero-order valence-electron chi connectivity index (χ0n) is 20.4. The maximum atomic E-state index is 13.1. The van der Waals surface area contributed by atoms with Crippen LogP contribution in [-0.4, -0.2) is 17.6 Å². The molecule has 4 aromatic rings. The Morgan fingerprint density at radius 1 is 1.06 bits per heavy atom. The molecule has 1 saturated carbocycles. The van der Waals surface area contributed by atoms with Crippen LogP contribution in [-0.2, 0) is 17.9 Å². The number of furan rings is 1. The Morgan fingerprint density at radius 2 is 1.86 bits per heavy atom. The van der Waals surface area contributed by atoms with Crippen LogP contribution in [0.25, 0.3) is 10.9 Å². The van der Waals surface area contributed by atoms with E-state index < -0.39 is 0 Å². The van der Waals surface area contributed by atoms with Crippen molar-refractivity contribution in [3.63, 3.8) is 0 Å². The van der Waals surface area contributed by atoms with E-state index in [-0.39, 0.29) is 11.8 Å². The Hall–Kier alpha value is -3.47. The van der Waals surface area contributed by atoms with Crippen LogP contribution in [0.1, 0.15) is 61.3 Å². The number of methoxy groups -OCH3 is 1. The number of benzene rings is 2. The molecule has 2 aromatic carbocycles. The van der Waals surface area contributed by atoms with Gasteiger partial charge >= 0.3 is 0 Å². The van der Waals surface area contributed by atoms with Crippen molar-refractivity contribution in [2.45, 2.75) is 57.5 Å². The summed E-state index contributed by atoms with van der Waals surface area (Å²) in [7, 11) is 1.69. The van der Waals surface area contributed by atoms with Gasteiger partial charge in [-0.05, 0) is 66.1 Å². The summed E-state index contributed by atoms with van der Waals surface area (Å²) in [4.78, 5) is 13.1. The maximum Gasteiger partial charge on any atom is 0.220 e. The molecule has 1 aliphatic carbocycles. The molecule has 1 fully saturated rings. The van der Waals surface area contributed by atoms with E-state index in [0.717, 1.165) is 18.1 Å². The van der Waals surface area contributed by atoms with Gasteiger partial charge < -0.3 is 19.0 Å². The molecule has 0 saturated heterocycles. The van der Waals surface area contributed by atoms with E-state index in [9.17, 15) is 4.79 Å². The highest BCUT2D eigenvalue weighted by Crippen LogP contribution is 2.41. The Balaban J connectivity index is 1.43. The lowest BCUT2D eigenvalue weighted by atomic mass is 9.75. The molecule has 2 aromatic heterocycles. The molecule has 5 nitrogen and oxygen atoms in total. The predicted molar refractivity (Wildman–Crippen MR) is 139 cm³/mol. The molecular formula is C30H34N2O3. The molecule has 1 N–H and O–H groups in total. The van der Waals surface area contributed by atoms with E-state index in [1.54, 1.807) is 13.4 Å². The van der Waals surface area contributed by atoms with Gasteiger partial charge in [-0.2, -0.15) is 0 Å². The van der Waals surface area contributed by atoms with Gasteiger partial charge in [-0.25, -0.2) is 0 Å². The summed E-state index contributed by atoms with van der Waals surface area (Å²) in [5.74, 6) is 2.46. The number of hydrogen-bond donors (Lipinski definition) is 1. The first kappa shape index (κ1) is 23.3. The van der Waals surface area contributed by atoms with Gasteiger partial charge in [-0.1, -0.05) is 49.6 Å². The van der Waals surface area contributed by atoms with Crippen LogP contribution in [0.3, 0.4) is 0 Å². The Kier molecular flexibility index (Phi) is 7.22. The quantitative estimate of drug-likeness (QED) is 0.297. The fourth-order valence-electron chi connectivity index (χ4n) is 5.57. The highest BCUT2D eigenvalue weighted by atomic mass is 16.5. The van der Waals surface area contributed by atoms with Crippen molar-refractivity contribution in [2.75, 3.05) is 7.11 Å². The molecule has 0 bridgehead atoms. The Morgan fingerprint density at radius 3 is 2.60 bits per heavy atom. The molecule has 182 valence electrons. The summed E-state index contributed by atoms with van der Waals surface area (Å²) < 4.78 is 13.1. The molecule has 1 aliphatic rings. The number of carbonyl (C=O) groups excluding carboxylic acids is 1. The largest absolute Gasteiger partial charge is 0.497 e. The van der Waals surface area contributed by atoms with Crippen LogP contribution in [0.4, 0.5) is 0 Å². The van der Waals surface area contributed by atoms with Crippen LogP contribution < -0.4 is 10.1 Å². The highest BCUT2D eigenvalue weighted by molar-refractivity contribution is 5.86. The smallest absolute Gasteiger partial charge is 0.220 e. The van der Waals surface area contributed by atoms with Gasteiger partial charge in [0.2, 0.25) is 5.91 Å². The minimum Gasteiger partial charge on any atom is -0.497 e. The third kappa shape index (κ3) is 5.45. The SMILES string of the molecule is COc1ccc(Cn2cc([C@@H](CC(=O)NCc3ccco3)C3CCCCC3)c3ccccc32)cc1. The summed E-state index contributed by atoms with van der Waals surface area (Å²) in [6.07, 6.45) is 10.6. The van der Waals surface area contributed by atoms with Crippen molar-refractivity contribution in [3.8, 4) is 5.75 Å². The van der Waals surface area contributed by atoms with Crippen LogP contribution >= 0.6 is 0 Å². The number of carbonyl (C=O) groups is 1. The standard InChI is InChI=1S/C30H34N2O3/c1-34-24-15-13-22(14-16-24)20-32-21-28(26-11-5-6-12-29(26)32)27(23-8-3-2-4-9-23)18-30(33)31-19-25-10-7-17-35-25/h5-7,10-17,21,23,27H,2-4,8-9,18-20H2,1H3,(H,31,33)/t27-/m0/s1. The van der Waals surface area contributed by atoms with Crippen LogP contribution in [0.15, 0.2) is 77.5 Å². The van der Waals surface area contributed by atoms with Gasteiger partial charge in [0, 0.05) is 30.1 Å². The lowest BCUT2D eigenvalue weighted by Crippen LogP contribution is -2.27. The molecular weight excluding hydrogens is 436 g/mol. The van der Waals surface area contributed by atoms with E-state index in [1.165, 1.54) is 54.1 Å². The zero-order valence-corrected chi connectivity index (χ0v) is 20.4. The van der Waals surface area contributed by atoms with E-state index in [4.69, 9.17) is 9.15 Å². The molecule has 0 spiro atoms. The van der Waals surface area contributed by atoms with Gasteiger partial charge in [0.1, 0.15) is 11.5 Å². The molecule has 1 atom stereocenters. The lowest BCUT2D eigenvalue weighted by Gasteiger charge is -2.30. The summed E-state index contributed by atoms with van der Waals surface area (Å²) in [5, 5.41) is 4.34. The molecule has 0 aliphatic heterocycles. The molecule has 2 heterocycles. The fourth-order valence-corrected chi connectivity index (χ4v) is 5.57. The van der Waals surface area contributed by atoms with E-state index in [2.05, 4.69) is 52.5 Å². The van der Waals surface area contributed by atoms with E-state index in [1.807, 2.05) is 24.3 Å². The number of nitrogens with one attached hydrogen (secondary N) is 1. The summed E-state index contributed by atoms with van der Waals surface area (Å²) >= 11 is 0. The normalized spacial score (nSPS) is 15.2. The summed E-state index contributed by atoms with van der Waals surface area (Å²) in [6.45, 7) is 1.22. The molecule has 35 heavy (non-hydrogen) atoms. The molecule has 0 unspecified atom stereocenters. The first-order valence-electron chi connectivity index (χ1n) is 12.7. The lowest BCUT2D eigenvalue weighted by molar-refractivity contribution is -0.122. The molecule has 0 radical (unpaired) electrons. The second kappa shape index (κ2) is 10.9. The van der Waals surface area contributed by atoms with E-state index >= 15 is 0 Å². The number of nitrogens with zero attached hydrogens (tertiary/aromatic N) is 1. The van der Waals surface area contributed by atoms with Gasteiger partial charge in [0.05, 0.1) is 19.9 Å². The van der Waals surface area contributed by atoms with Crippen molar-refractivity contribution < 1.29 is 13.9 Å². The minimum absolute atomic E-state index is 0.0870. The second-order valence-corrected chi connectivity index (χ2v) is 9.64. The van der Waals surface area contributed by atoms with Crippen molar-refractivity contribution in [1.82, 2.24) is 9.88 Å². The van der Waals surface area contributed by atoms with Crippen molar-refractivity contribution in [1.29, 1.82) is 0 Å². The summed E-state index contributed by atoms with van der Waals surface area (Å²) in [5.41, 5.74) is 3.74. The number of fused-ring (bicyclic) bond motifs is 1. The maximum absolute atomic E-state index is 13.1. The van der Waals surface area contributed by atoms with E-state index in [0.29, 0.717) is 18.9 Å². The average molecular weight is 471 g/mol. The topological polar surface area (TPSA) is 56.4 Å². The fraction of sp³-hybridized carbons (Fsp3) is 0.367. The molecule has 1 amide bonds. The van der Waals surface area contributed by atoms with Gasteiger partial charge in [0.15, 0.2) is 0 Å². The van der Waals surface area contributed by atoms with Crippen LogP contribution in [0, 0.1) is 5.92 Å². The predicted octanol–water partition coefficient (Wildman–Crippen LogP) is 6.66. The Labute approximate surface area is 207 Å². The van der Waals surface area contributed by atoms with Crippen molar-refractivity contribution in [3.05, 3.63) is 90.0 Å². The Bertz CT molecular complexity index is 1230. The second-order valence-electron chi connectivity index (χ2n) is 9.64. The van der Waals surface area contributed by atoms with Gasteiger partial charge in [0.25, 0.3) is 0 Å². The zero-order chi connectivity index (χ0) is 24.0. The number of ether oxygens (including phenoxy) is 1. The molecule has 5 rings (SSSR count). The highest BCUT2D eigenvalue weighted by Gasteiger charge is 2.29. The first-order chi connectivity index (χ1) is 17.2. The van der Waals surface area contributed by atoms with Crippen molar-refractivity contribution >= 4 is 16.8 Å². The molecule has 5 heteroatoms. The van der Waals surface area contributed by atoms with Crippen molar-refractivity contribution in [2.24, 2.45) is 5.92 Å². The van der Waals surface area contributed by atoms with Crippen LogP contribution in [0.5, 0.6) is 5.75 Å². The van der Waals surface area contributed by atoms with Gasteiger partial charge in [-0.15, -0.1) is 0 Å². The third-order valence-electron chi connectivity index (χ3n) is 7.39.